The maximum Gasteiger partial charge on any atom is 0.265 e. The average Bonchev–Trinajstić information content (AvgIpc) is 2.55. The van der Waals surface area contributed by atoms with Crippen LogP contribution in [0.4, 0.5) is 5.69 Å². The van der Waals surface area contributed by atoms with Crippen LogP contribution < -0.4 is 14.8 Å². The number of carbonyl (C=O) groups excluding carboxylic acids is 1. The highest BCUT2D eigenvalue weighted by Crippen LogP contribution is 2.28. The van der Waals surface area contributed by atoms with Crippen LogP contribution in [-0.4, -0.2) is 19.1 Å². The molecule has 1 amide bonds. The summed E-state index contributed by atoms with van der Waals surface area (Å²) in [5.41, 5.74) is 2.78. The second kappa shape index (κ2) is 7.86. The lowest BCUT2D eigenvalue weighted by Crippen LogP contribution is -2.30. The van der Waals surface area contributed by atoms with Crippen molar-refractivity contribution in [2.24, 2.45) is 0 Å². The Hall–Kier alpha value is -2.49. The maximum absolute atomic E-state index is 12.5. The molecule has 0 unspecified atom stereocenters. The van der Waals surface area contributed by atoms with Gasteiger partial charge in [-0.15, -0.1) is 0 Å². The fraction of sp³-hybridized carbons (Fsp3) is 0.350. The monoisotopic (exact) mass is 327 g/mol. The van der Waals surface area contributed by atoms with Crippen LogP contribution in [0.1, 0.15) is 37.8 Å². The van der Waals surface area contributed by atoms with Crippen molar-refractivity contribution < 1.29 is 14.3 Å². The van der Waals surface area contributed by atoms with Crippen LogP contribution in [0.3, 0.4) is 0 Å². The Morgan fingerprint density at radius 1 is 1.04 bits per heavy atom. The van der Waals surface area contributed by atoms with E-state index in [-0.39, 0.29) is 5.91 Å². The van der Waals surface area contributed by atoms with Crippen molar-refractivity contribution in [3.8, 4) is 11.5 Å². The van der Waals surface area contributed by atoms with Crippen molar-refractivity contribution in [2.45, 2.75) is 39.7 Å². The van der Waals surface area contributed by atoms with Crippen LogP contribution >= 0.6 is 0 Å². The summed E-state index contributed by atoms with van der Waals surface area (Å²) in [6.45, 7) is 7.91. The van der Waals surface area contributed by atoms with Gasteiger partial charge in [-0.25, -0.2) is 0 Å². The Balaban J connectivity index is 2.12. The third kappa shape index (κ3) is 4.28. The first-order valence-corrected chi connectivity index (χ1v) is 8.13. The van der Waals surface area contributed by atoms with Gasteiger partial charge in [0.2, 0.25) is 0 Å². The predicted octanol–water partition coefficient (Wildman–Crippen LogP) is 4.53. The number of rotatable bonds is 6. The highest BCUT2D eigenvalue weighted by molar-refractivity contribution is 5.95. The molecule has 2 aromatic rings. The number of ether oxygens (including phenoxy) is 2. The molecule has 0 fully saturated rings. The number of amides is 1. The summed E-state index contributed by atoms with van der Waals surface area (Å²) in [7, 11) is 1.58. The summed E-state index contributed by atoms with van der Waals surface area (Å²) in [6.07, 6.45) is -0.616. The predicted molar refractivity (Wildman–Crippen MR) is 97.0 cm³/mol. The van der Waals surface area contributed by atoms with E-state index in [9.17, 15) is 4.79 Å². The van der Waals surface area contributed by atoms with Crippen LogP contribution in [0.5, 0.6) is 11.5 Å². The minimum absolute atomic E-state index is 0.211. The summed E-state index contributed by atoms with van der Waals surface area (Å²) >= 11 is 0. The quantitative estimate of drug-likeness (QED) is 0.848. The Kier molecular flexibility index (Phi) is 5.85. The van der Waals surface area contributed by atoms with Crippen molar-refractivity contribution in [3.05, 3.63) is 53.6 Å². The zero-order chi connectivity index (χ0) is 17.7. The number of hydrogen-bond donors (Lipinski definition) is 1. The number of anilines is 1. The minimum Gasteiger partial charge on any atom is -0.495 e. The van der Waals surface area contributed by atoms with Gasteiger partial charge in [0.25, 0.3) is 5.91 Å². The Labute approximate surface area is 143 Å². The molecular formula is C20H25NO3. The number of nitrogens with one attached hydrogen (secondary N) is 1. The van der Waals surface area contributed by atoms with E-state index in [1.807, 2.05) is 49.4 Å². The van der Waals surface area contributed by atoms with Gasteiger partial charge in [-0.05, 0) is 49.1 Å². The lowest BCUT2D eigenvalue weighted by atomic mass is 10.0. The van der Waals surface area contributed by atoms with Gasteiger partial charge in [0.1, 0.15) is 11.5 Å². The number of para-hydroxylation sites is 1. The molecule has 0 spiro atoms. The van der Waals surface area contributed by atoms with Crippen molar-refractivity contribution in [1.82, 2.24) is 0 Å². The molecule has 0 saturated heterocycles. The van der Waals surface area contributed by atoms with Crippen LogP contribution in [0.2, 0.25) is 0 Å². The van der Waals surface area contributed by atoms with E-state index in [1.165, 1.54) is 0 Å². The number of methoxy groups -OCH3 is 1. The second-order valence-corrected chi connectivity index (χ2v) is 6.15. The first-order chi connectivity index (χ1) is 11.4. The third-order valence-electron chi connectivity index (χ3n) is 3.83. The van der Waals surface area contributed by atoms with Gasteiger partial charge < -0.3 is 14.8 Å². The molecule has 0 saturated carbocycles. The maximum atomic E-state index is 12.5. The average molecular weight is 327 g/mol. The first-order valence-electron chi connectivity index (χ1n) is 8.13. The summed E-state index contributed by atoms with van der Waals surface area (Å²) in [5.74, 6) is 1.49. The molecule has 0 radical (unpaired) electrons. The fourth-order valence-electron chi connectivity index (χ4n) is 2.46. The largest absolute Gasteiger partial charge is 0.495 e. The summed E-state index contributed by atoms with van der Waals surface area (Å²) in [6, 6.07) is 13.5. The van der Waals surface area contributed by atoms with Crippen molar-refractivity contribution in [3.63, 3.8) is 0 Å². The molecule has 4 nitrogen and oxygen atoms in total. The zero-order valence-electron chi connectivity index (χ0n) is 14.9. The SMILES string of the molecule is COc1ccc(C)cc1NC(=O)[C@@H](C)Oc1ccccc1C(C)C. The van der Waals surface area contributed by atoms with Crippen molar-refractivity contribution in [2.75, 3.05) is 12.4 Å². The summed E-state index contributed by atoms with van der Waals surface area (Å²) < 4.78 is 11.2. The number of aryl methyl sites for hydroxylation is 1. The zero-order valence-corrected chi connectivity index (χ0v) is 14.9. The van der Waals surface area contributed by atoms with Gasteiger partial charge in [-0.1, -0.05) is 38.1 Å². The standard InChI is InChI=1S/C20H25NO3/c1-13(2)16-8-6-7-9-18(16)24-15(4)20(22)21-17-12-14(3)10-11-19(17)23-5/h6-13,15H,1-5H3,(H,21,22)/t15-/m1/s1. The van der Waals surface area contributed by atoms with E-state index in [1.54, 1.807) is 14.0 Å². The highest BCUT2D eigenvalue weighted by Gasteiger charge is 2.18. The van der Waals surface area contributed by atoms with Gasteiger partial charge in [-0.2, -0.15) is 0 Å². The Bertz CT molecular complexity index is 710. The van der Waals surface area contributed by atoms with E-state index in [2.05, 4.69) is 19.2 Å². The van der Waals surface area contributed by atoms with Gasteiger partial charge in [0.15, 0.2) is 6.10 Å². The van der Waals surface area contributed by atoms with E-state index >= 15 is 0 Å². The molecule has 0 aliphatic carbocycles. The number of benzene rings is 2. The van der Waals surface area contributed by atoms with E-state index in [0.717, 1.165) is 16.9 Å². The smallest absolute Gasteiger partial charge is 0.265 e. The first kappa shape index (κ1) is 17.9. The van der Waals surface area contributed by atoms with Gasteiger partial charge in [0, 0.05) is 0 Å². The third-order valence-corrected chi connectivity index (χ3v) is 3.83. The normalized spacial score (nSPS) is 11.9. The fourth-order valence-corrected chi connectivity index (χ4v) is 2.46. The minimum atomic E-state index is -0.616. The molecule has 0 bridgehead atoms. The molecule has 4 heteroatoms. The molecule has 0 aliphatic rings. The molecule has 1 atom stereocenters. The highest BCUT2D eigenvalue weighted by atomic mass is 16.5. The molecule has 1 N–H and O–H groups in total. The van der Waals surface area contributed by atoms with Crippen molar-refractivity contribution in [1.29, 1.82) is 0 Å². The lowest BCUT2D eigenvalue weighted by Gasteiger charge is -2.19. The summed E-state index contributed by atoms with van der Waals surface area (Å²) in [5, 5.41) is 2.88. The number of carbonyl (C=O) groups is 1. The molecule has 0 heterocycles. The van der Waals surface area contributed by atoms with Crippen LogP contribution in [-0.2, 0) is 4.79 Å². The van der Waals surface area contributed by atoms with E-state index in [4.69, 9.17) is 9.47 Å². The Morgan fingerprint density at radius 3 is 2.42 bits per heavy atom. The summed E-state index contributed by atoms with van der Waals surface area (Å²) in [4.78, 5) is 12.5. The molecule has 24 heavy (non-hydrogen) atoms. The Morgan fingerprint density at radius 2 is 1.75 bits per heavy atom. The van der Waals surface area contributed by atoms with Gasteiger partial charge in [-0.3, -0.25) is 4.79 Å². The molecule has 0 aliphatic heterocycles. The molecule has 2 aromatic carbocycles. The van der Waals surface area contributed by atoms with E-state index < -0.39 is 6.10 Å². The van der Waals surface area contributed by atoms with Crippen molar-refractivity contribution >= 4 is 11.6 Å². The van der Waals surface area contributed by atoms with E-state index in [0.29, 0.717) is 17.4 Å². The topological polar surface area (TPSA) is 47.6 Å². The molecule has 0 aromatic heterocycles. The number of hydrogen-bond acceptors (Lipinski definition) is 3. The molecule has 2 rings (SSSR count). The van der Waals surface area contributed by atoms with Crippen LogP contribution in [0.15, 0.2) is 42.5 Å². The lowest BCUT2D eigenvalue weighted by molar-refractivity contribution is -0.122. The van der Waals surface area contributed by atoms with Gasteiger partial charge >= 0.3 is 0 Å². The van der Waals surface area contributed by atoms with Crippen LogP contribution in [0.25, 0.3) is 0 Å². The van der Waals surface area contributed by atoms with Crippen LogP contribution in [0, 0.1) is 6.92 Å². The second-order valence-electron chi connectivity index (χ2n) is 6.15. The molecular weight excluding hydrogens is 302 g/mol. The van der Waals surface area contributed by atoms with Gasteiger partial charge in [0.05, 0.1) is 12.8 Å². The molecule has 128 valence electrons.